The van der Waals surface area contributed by atoms with Gasteiger partial charge in [-0.3, -0.25) is 0 Å². The van der Waals surface area contributed by atoms with E-state index in [4.69, 9.17) is 9.40 Å². The zero-order valence-electron chi connectivity index (χ0n) is 37.4. The first-order valence-corrected chi connectivity index (χ1v) is 22.1. The predicted octanol–water partition coefficient (Wildman–Crippen LogP) is 13.4. The first-order chi connectivity index (χ1) is 29.6. The number of aryl methyl sites for hydroxylation is 1. The third-order valence-corrected chi connectivity index (χ3v) is 14.0. The molecule has 0 spiro atoms. The van der Waals surface area contributed by atoms with Crippen LogP contribution in [0.2, 0.25) is 0 Å². The summed E-state index contributed by atoms with van der Waals surface area (Å²) in [4.78, 5) is 8.03. The van der Waals surface area contributed by atoms with Crippen molar-refractivity contribution >= 4 is 83.9 Å². The van der Waals surface area contributed by atoms with Crippen LogP contribution in [0.25, 0.3) is 83.0 Å². The SMILES string of the molecule is Cn1c(-c2ccccc2)nc2cc3c(cc21)-n1c2ccc(C(C)(C)C)cc2c2c4c(oc5ccccc54)c4c(c21)B3N(c1ccc(C(C)(C)C)cc1)c1ccc(C(C)(C)C)cc1-4. The highest BCUT2D eigenvalue weighted by atomic mass is 16.3. The lowest BCUT2D eigenvalue weighted by Crippen LogP contribution is -2.60. The molecular formula is C56H51BN4O. The Balaban J connectivity index is 1.31. The molecule has 0 saturated heterocycles. The Morgan fingerprint density at radius 1 is 0.581 bits per heavy atom. The lowest BCUT2D eigenvalue weighted by atomic mass is 9.43. The number of nitrogens with zero attached hydrogens (tertiary/aromatic N) is 4. The zero-order valence-corrected chi connectivity index (χ0v) is 37.4. The number of furan rings is 1. The number of benzene rings is 7. The van der Waals surface area contributed by atoms with Crippen molar-refractivity contribution < 1.29 is 4.42 Å². The molecule has 0 unspecified atom stereocenters. The summed E-state index contributed by atoms with van der Waals surface area (Å²) in [6.45, 7) is 20.6. The fourth-order valence-corrected chi connectivity index (χ4v) is 10.6. The molecule has 7 aromatic carbocycles. The molecule has 10 aromatic rings. The van der Waals surface area contributed by atoms with Crippen molar-refractivity contribution in [2.24, 2.45) is 7.05 Å². The molecule has 0 radical (unpaired) electrons. The topological polar surface area (TPSA) is 39.1 Å². The molecule has 0 amide bonds. The maximum atomic E-state index is 7.25. The van der Waals surface area contributed by atoms with Gasteiger partial charge < -0.3 is 18.4 Å². The van der Waals surface area contributed by atoms with E-state index in [1.54, 1.807) is 0 Å². The van der Waals surface area contributed by atoms with E-state index in [0.29, 0.717) is 0 Å². The first-order valence-electron chi connectivity index (χ1n) is 22.1. The molecule has 6 heteroatoms. The number of anilines is 2. The van der Waals surface area contributed by atoms with Gasteiger partial charge >= 0.3 is 6.85 Å². The van der Waals surface area contributed by atoms with Crippen LogP contribution in [0.5, 0.6) is 0 Å². The second-order valence-electron chi connectivity index (χ2n) is 20.9. The molecule has 0 fully saturated rings. The average Bonchev–Trinajstić information content (AvgIpc) is 3.90. The third-order valence-electron chi connectivity index (χ3n) is 14.0. The van der Waals surface area contributed by atoms with E-state index in [9.17, 15) is 0 Å². The van der Waals surface area contributed by atoms with Crippen LogP contribution in [0.4, 0.5) is 11.4 Å². The van der Waals surface area contributed by atoms with E-state index < -0.39 is 0 Å². The van der Waals surface area contributed by atoms with Gasteiger partial charge in [0.15, 0.2) is 0 Å². The Hall–Kier alpha value is -6.53. The van der Waals surface area contributed by atoms with Crippen molar-refractivity contribution in [3.8, 4) is 28.2 Å². The molecule has 0 aliphatic carbocycles. The van der Waals surface area contributed by atoms with Crippen molar-refractivity contribution in [1.29, 1.82) is 0 Å². The van der Waals surface area contributed by atoms with Crippen molar-refractivity contribution in [2.45, 2.75) is 78.6 Å². The molecule has 2 aliphatic heterocycles. The minimum absolute atomic E-state index is 0.0247. The number of imidazole rings is 1. The van der Waals surface area contributed by atoms with Crippen LogP contribution < -0.4 is 15.7 Å². The molecule has 0 bridgehead atoms. The third kappa shape index (κ3) is 5.07. The molecule has 0 N–H and O–H groups in total. The highest BCUT2D eigenvalue weighted by Crippen LogP contribution is 2.52. The minimum Gasteiger partial charge on any atom is -0.455 e. The highest BCUT2D eigenvalue weighted by molar-refractivity contribution is 6.94. The van der Waals surface area contributed by atoms with Crippen molar-refractivity contribution in [1.82, 2.24) is 14.1 Å². The zero-order chi connectivity index (χ0) is 42.8. The van der Waals surface area contributed by atoms with Gasteiger partial charge in [0, 0.05) is 62.3 Å². The van der Waals surface area contributed by atoms with Crippen LogP contribution in [0.1, 0.15) is 79.0 Å². The van der Waals surface area contributed by atoms with E-state index in [-0.39, 0.29) is 23.1 Å². The summed E-state index contributed by atoms with van der Waals surface area (Å²) in [5, 5.41) is 4.85. The Labute approximate surface area is 363 Å². The van der Waals surface area contributed by atoms with Gasteiger partial charge in [-0.05, 0) is 98.5 Å². The quantitative estimate of drug-likeness (QED) is 0.163. The molecule has 304 valence electrons. The second-order valence-corrected chi connectivity index (χ2v) is 20.9. The Morgan fingerprint density at radius 3 is 1.97 bits per heavy atom. The number of aromatic nitrogens is 3. The number of rotatable bonds is 2. The molecule has 0 saturated carbocycles. The maximum Gasteiger partial charge on any atom is 0.333 e. The van der Waals surface area contributed by atoms with Gasteiger partial charge in [-0.2, -0.15) is 0 Å². The monoisotopic (exact) mass is 806 g/mol. The first kappa shape index (κ1) is 37.3. The van der Waals surface area contributed by atoms with Crippen LogP contribution in [-0.2, 0) is 23.3 Å². The van der Waals surface area contributed by atoms with Crippen LogP contribution in [0, 0.1) is 0 Å². The van der Waals surface area contributed by atoms with E-state index >= 15 is 0 Å². The molecule has 5 nitrogen and oxygen atoms in total. The van der Waals surface area contributed by atoms with Crippen LogP contribution in [-0.4, -0.2) is 21.0 Å². The fraction of sp³-hybridized carbons (Fsp3) is 0.232. The van der Waals surface area contributed by atoms with Gasteiger partial charge in [-0.15, -0.1) is 0 Å². The number of para-hydroxylation sites is 1. The van der Waals surface area contributed by atoms with Gasteiger partial charge in [0.1, 0.15) is 17.0 Å². The van der Waals surface area contributed by atoms with Gasteiger partial charge in [0.25, 0.3) is 0 Å². The largest absolute Gasteiger partial charge is 0.455 e. The molecule has 5 heterocycles. The second kappa shape index (κ2) is 12.3. The van der Waals surface area contributed by atoms with E-state index in [1.807, 2.05) is 0 Å². The lowest BCUT2D eigenvalue weighted by Gasteiger charge is -2.42. The van der Waals surface area contributed by atoms with Crippen LogP contribution in [0.15, 0.2) is 132 Å². The number of hydrogen-bond donors (Lipinski definition) is 0. The maximum absolute atomic E-state index is 7.25. The van der Waals surface area contributed by atoms with Crippen LogP contribution in [0.3, 0.4) is 0 Å². The summed E-state index contributed by atoms with van der Waals surface area (Å²) in [5.41, 5.74) is 19.8. The normalized spacial score (nSPS) is 13.9. The van der Waals surface area contributed by atoms with E-state index in [2.05, 4.69) is 211 Å². The van der Waals surface area contributed by atoms with Crippen LogP contribution >= 0.6 is 0 Å². The molecule has 0 atom stereocenters. The van der Waals surface area contributed by atoms with Gasteiger partial charge in [-0.1, -0.05) is 135 Å². The Bertz CT molecular complexity index is 3530. The molecule has 3 aromatic heterocycles. The summed E-state index contributed by atoms with van der Waals surface area (Å²) in [5.74, 6) is 0.959. The fourth-order valence-electron chi connectivity index (χ4n) is 10.6. The Morgan fingerprint density at radius 2 is 1.24 bits per heavy atom. The summed E-state index contributed by atoms with van der Waals surface area (Å²) < 4.78 is 12.1. The Kier molecular flexibility index (Phi) is 7.40. The predicted molar refractivity (Wildman–Crippen MR) is 263 cm³/mol. The molecule has 12 rings (SSSR count). The molecular weight excluding hydrogens is 755 g/mol. The standard InChI is InChI=1S/C56H51BN4O/c1-54(2,3)33-20-24-36(25-21-33)61-43-27-23-35(56(7,8)9)29-39(43)49-50-51-47(48-37-18-14-15-19-46(37)62-52(48)49)38-28-34(55(4,5)6)22-26-42(38)60(51)44-31-45-41(30-40(44)57(50)61)58-53(59(45)10)32-16-12-11-13-17-32/h11-31H,1-10H3. The molecule has 62 heavy (non-hydrogen) atoms. The van der Waals surface area contributed by atoms with Gasteiger partial charge in [0.05, 0.1) is 22.1 Å². The van der Waals surface area contributed by atoms with Crippen molar-refractivity contribution in [2.75, 3.05) is 4.81 Å². The summed E-state index contributed by atoms with van der Waals surface area (Å²) in [6, 6.07) is 47.8. The number of hydrogen-bond acceptors (Lipinski definition) is 3. The van der Waals surface area contributed by atoms with Gasteiger partial charge in [-0.25, -0.2) is 4.98 Å². The van der Waals surface area contributed by atoms with Crippen molar-refractivity contribution in [3.05, 3.63) is 144 Å². The van der Waals surface area contributed by atoms with Crippen molar-refractivity contribution in [3.63, 3.8) is 0 Å². The summed E-state index contributed by atoms with van der Waals surface area (Å²) >= 11 is 0. The van der Waals surface area contributed by atoms with Gasteiger partial charge in [0.2, 0.25) is 0 Å². The highest BCUT2D eigenvalue weighted by Gasteiger charge is 2.46. The van der Waals surface area contributed by atoms with E-state index in [0.717, 1.165) is 44.7 Å². The summed E-state index contributed by atoms with van der Waals surface area (Å²) in [6.07, 6.45) is 0. The average molecular weight is 807 g/mol. The van der Waals surface area contributed by atoms with E-state index in [1.165, 1.54) is 77.3 Å². The lowest BCUT2D eigenvalue weighted by molar-refractivity contribution is 0.590. The smallest absolute Gasteiger partial charge is 0.333 e. The summed E-state index contributed by atoms with van der Waals surface area (Å²) in [7, 11) is 2.16. The molecule has 2 aliphatic rings. The minimum atomic E-state index is -0.181. The number of fused-ring (bicyclic) bond motifs is 14.